The number of benzene rings is 4. The minimum absolute atomic E-state index is 0.0255. The number of rotatable bonds is 0. The molecule has 0 aliphatic heterocycles. The summed E-state index contributed by atoms with van der Waals surface area (Å²) in [4.78, 5) is 0. The van der Waals surface area contributed by atoms with Crippen LogP contribution in [-0.2, 0) is 5.41 Å². The fraction of sp³-hybridized carbons (Fsp3) is 0.130. The van der Waals surface area contributed by atoms with Gasteiger partial charge in [-0.3, -0.25) is 0 Å². The summed E-state index contributed by atoms with van der Waals surface area (Å²) in [5.74, 6) is 0. The molecule has 0 N–H and O–H groups in total. The van der Waals surface area contributed by atoms with Crippen LogP contribution in [0.25, 0.3) is 32.7 Å². The normalized spacial score (nSPS) is 14.7. The van der Waals surface area contributed by atoms with E-state index in [0.717, 1.165) is 0 Å². The van der Waals surface area contributed by atoms with Gasteiger partial charge >= 0.3 is 0 Å². The molecular weight excluding hydrogens is 436 g/mol. The molecule has 25 heavy (non-hydrogen) atoms. The summed E-state index contributed by atoms with van der Waals surface area (Å²) in [5, 5.41) is 5.02. The molecule has 0 heterocycles. The SMILES string of the molecule is CC1(C)c2ccccc2-c2cc3c(Br)c4ccccc4c(Br)c3cc21. The molecular formula is C23H16Br2. The first-order valence-electron chi connectivity index (χ1n) is 8.44. The summed E-state index contributed by atoms with van der Waals surface area (Å²) in [7, 11) is 0. The fourth-order valence-electron chi connectivity index (χ4n) is 4.27. The molecule has 2 heteroatoms. The molecule has 0 radical (unpaired) electrons. The Hall–Kier alpha value is -1.64. The van der Waals surface area contributed by atoms with Crippen molar-refractivity contribution in [3.8, 4) is 11.1 Å². The number of hydrogen-bond donors (Lipinski definition) is 0. The quantitative estimate of drug-likeness (QED) is 0.239. The van der Waals surface area contributed by atoms with Crippen molar-refractivity contribution in [2.45, 2.75) is 19.3 Å². The third-order valence-corrected chi connectivity index (χ3v) is 7.30. The first-order valence-corrected chi connectivity index (χ1v) is 10.0. The summed E-state index contributed by atoms with van der Waals surface area (Å²) < 4.78 is 2.35. The Balaban J connectivity index is 1.98. The van der Waals surface area contributed by atoms with Crippen molar-refractivity contribution in [3.05, 3.63) is 80.7 Å². The molecule has 1 aliphatic carbocycles. The van der Waals surface area contributed by atoms with Crippen LogP contribution in [0.15, 0.2) is 69.6 Å². The third-order valence-electron chi connectivity index (χ3n) is 5.59. The zero-order chi connectivity index (χ0) is 17.3. The maximum atomic E-state index is 3.88. The van der Waals surface area contributed by atoms with Gasteiger partial charge in [-0.25, -0.2) is 0 Å². The standard InChI is InChI=1S/C23H16Br2/c1-23(2)19-10-6-5-7-13(19)16-11-17-18(12-20(16)23)22(25)15-9-4-3-8-14(15)21(17)24/h3-12H,1-2H3. The van der Waals surface area contributed by atoms with Crippen LogP contribution in [0.2, 0.25) is 0 Å². The molecule has 4 aromatic rings. The Morgan fingerprint density at radius 3 is 1.84 bits per heavy atom. The van der Waals surface area contributed by atoms with E-state index in [2.05, 4.69) is 106 Å². The maximum absolute atomic E-state index is 3.88. The van der Waals surface area contributed by atoms with E-state index in [4.69, 9.17) is 0 Å². The van der Waals surface area contributed by atoms with Crippen molar-refractivity contribution < 1.29 is 0 Å². The van der Waals surface area contributed by atoms with Crippen LogP contribution >= 0.6 is 31.9 Å². The van der Waals surface area contributed by atoms with Crippen molar-refractivity contribution in [3.63, 3.8) is 0 Å². The molecule has 0 saturated carbocycles. The molecule has 0 fully saturated rings. The van der Waals surface area contributed by atoms with Crippen molar-refractivity contribution >= 4 is 53.4 Å². The summed E-state index contributed by atoms with van der Waals surface area (Å²) >= 11 is 7.75. The molecule has 0 amide bonds. The van der Waals surface area contributed by atoms with Crippen LogP contribution in [0.3, 0.4) is 0 Å². The van der Waals surface area contributed by atoms with Gasteiger partial charge in [-0.1, -0.05) is 62.4 Å². The third kappa shape index (κ3) is 1.98. The number of halogens is 2. The minimum Gasteiger partial charge on any atom is -0.0619 e. The average Bonchev–Trinajstić information content (AvgIpc) is 2.86. The second-order valence-corrected chi connectivity index (χ2v) is 8.87. The highest BCUT2D eigenvalue weighted by atomic mass is 79.9. The number of fused-ring (bicyclic) bond motifs is 5. The summed E-state index contributed by atoms with van der Waals surface area (Å²) in [5.41, 5.74) is 5.57. The first-order chi connectivity index (χ1) is 12.0. The smallest absolute Gasteiger partial charge is 0.0333 e. The van der Waals surface area contributed by atoms with Crippen LogP contribution < -0.4 is 0 Å². The molecule has 4 aromatic carbocycles. The van der Waals surface area contributed by atoms with E-state index in [1.807, 2.05) is 0 Å². The second-order valence-electron chi connectivity index (χ2n) is 7.29. The first kappa shape index (κ1) is 15.6. The van der Waals surface area contributed by atoms with E-state index < -0.39 is 0 Å². The van der Waals surface area contributed by atoms with Crippen LogP contribution in [0.5, 0.6) is 0 Å². The lowest BCUT2D eigenvalue weighted by atomic mass is 9.82. The summed E-state index contributed by atoms with van der Waals surface area (Å²) in [6.07, 6.45) is 0. The van der Waals surface area contributed by atoms with E-state index in [-0.39, 0.29) is 5.41 Å². The molecule has 0 saturated heterocycles. The van der Waals surface area contributed by atoms with E-state index in [0.29, 0.717) is 0 Å². The lowest BCUT2D eigenvalue weighted by Gasteiger charge is -2.22. The molecule has 5 rings (SSSR count). The van der Waals surface area contributed by atoms with E-state index in [1.54, 1.807) is 0 Å². The summed E-state index contributed by atoms with van der Waals surface area (Å²) in [6.45, 7) is 4.65. The van der Waals surface area contributed by atoms with Crippen LogP contribution in [-0.4, -0.2) is 0 Å². The Bertz CT molecular complexity index is 1190. The Morgan fingerprint density at radius 2 is 1.16 bits per heavy atom. The zero-order valence-electron chi connectivity index (χ0n) is 14.0. The van der Waals surface area contributed by atoms with Crippen molar-refractivity contribution in [1.29, 1.82) is 0 Å². The van der Waals surface area contributed by atoms with E-state index in [1.165, 1.54) is 52.7 Å². The highest BCUT2D eigenvalue weighted by molar-refractivity contribution is 9.11. The Labute approximate surface area is 164 Å². The second kappa shape index (κ2) is 5.18. The molecule has 0 bridgehead atoms. The van der Waals surface area contributed by atoms with Gasteiger partial charge in [0.25, 0.3) is 0 Å². The zero-order valence-corrected chi connectivity index (χ0v) is 17.2. The van der Waals surface area contributed by atoms with Crippen LogP contribution in [0, 0.1) is 0 Å². The molecule has 0 aromatic heterocycles. The largest absolute Gasteiger partial charge is 0.0619 e. The monoisotopic (exact) mass is 450 g/mol. The molecule has 0 atom stereocenters. The van der Waals surface area contributed by atoms with Gasteiger partial charge in [0.15, 0.2) is 0 Å². The molecule has 0 nitrogen and oxygen atoms in total. The lowest BCUT2D eigenvalue weighted by Crippen LogP contribution is -2.14. The van der Waals surface area contributed by atoms with Crippen molar-refractivity contribution in [2.24, 2.45) is 0 Å². The minimum atomic E-state index is 0.0255. The van der Waals surface area contributed by atoms with Crippen LogP contribution in [0.4, 0.5) is 0 Å². The fourth-order valence-corrected chi connectivity index (χ4v) is 5.61. The molecule has 1 aliphatic rings. The topological polar surface area (TPSA) is 0 Å². The van der Waals surface area contributed by atoms with Gasteiger partial charge in [-0.05, 0) is 87.8 Å². The van der Waals surface area contributed by atoms with Crippen LogP contribution in [0.1, 0.15) is 25.0 Å². The maximum Gasteiger partial charge on any atom is 0.0333 e. The van der Waals surface area contributed by atoms with Gasteiger partial charge in [0.1, 0.15) is 0 Å². The molecule has 0 unspecified atom stereocenters. The average molecular weight is 452 g/mol. The predicted octanol–water partition coefficient (Wildman–Crippen LogP) is 7.82. The van der Waals surface area contributed by atoms with Gasteiger partial charge < -0.3 is 0 Å². The highest BCUT2D eigenvalue weighted by Gasteiger charge is 2.35. The Kier molecular flexibility index (Phi) is 3.24. The van der Waals surface area contributed by atoms with Gasteiger partial charge in [0.2, 0.25) is 0 Å². The van der Waals surface area contributed by atoms with Crippen molar-refractivity contribution in [1.82, 2.24) is 0 Å². The predicted molar refractivity (Wildman–Crippen MR) is 114 cm³/mol. The van der Waals surface area contributed by atoms with Gasteiger partial charge in [-0.2, -0.15) is 0 Å². The van der Waals surface area contributed by atoms with Gasteiger partial charge in [0, 0.05) is 14.4 Å². The summed E-state index contributed by atoms with van der Waals surface area (Å²) in [6, 6.07) is 22.1. The van der Waals surface area contributed by atoms with Crippen molar-refractivity contribution in [2.75, 3.05) is 0 Å². The lowest BCUT2D eigenvalue weighted by molar-refractivity contribution is 0.661. The van der Waals surface area contributed by atoms with E-state index in [9.17, 15) is 0 Å². The Morgan fingerprint density at radius 1 is 0.600 bits per heavy atom. The molecule has 122 valence electrons. The number of hydrogen-bond acceptors (Lipinski definition) is 0. The van der Waals surface area contributed by atoms with E-state index >= 15 is 0 Å². The van der Waals surface area contributed by atoms with Gasteiger partial charge in [-0.15, -0.1) is 0 Å². The highest BCUT2D eigenvalue weighted by Crippen LogP contribution is 2.51. The molecule has 0 spiro atoms. The van der Waals surface area contributed by atoms with Gasteiger partial charge in [0.05, 0.1) is 0 Å².